The summed E-state index contributed by atoms with van der Waals surface area (Å²) in [6.45, 7) is 0.724. The maximum atomic E-state index is 11.9. The summed E-state index contributed by atoms with van der Waals surface area (Å²) in [5.74, 6) is 0.0451. The molecule has 21 heavy (non-hydrogen) atoms. The first kappa shape index (κ1) is 15.2. The predicted molar refractivity (Wildman–Crippen MR) is 82.1 cm³/mol. The number of carbonyl (C=O) groups is 1. The highest BCUT2D eigenvalue weighted by Crippen LogP contribution is 2.14. The van der Waals surface area contributed by atoms with Gasteiger partial charge < -0.3 is 11.1 Å². The fourth-order valence-electron chi connectivity index (χ4n) is 2.09. The highest BCUT2D eigenvalue weighted by molar-refractivity contribution is 5.90. The van der Waals surface area contributed by atoms with Crippen molar-refractivity contribution in [2.45, 2.75) is 32.1 Å². The zero-order chi connectivity index (χ0) is 14.9. The van der Waals surface area contributed by atoms with Crippen LogP contribution in [0.2, 0.25) is 0 Å². The van der Waals surface area contributed by atoms with Crippen LogP contribution in [0.4, 0.5) is 5.69 Å². The Hall–Kier alpha value is -2.21. The van der Waals surface area contributed by atoms with E-state index in [2.05, 4.69) is 15.5 Å². The number of nitrogens with one attached hydrogen (secondary N) is 1. The molecule has 1 aromatic carbocycles. The highest BCUT2D eigenvalue weighted by atomic mass is 16.1. The number of amides is 1. The van der Waals surface area contributed by atoms with Gasteiger partial charge in [0, 0.05) is 12.1 Å². The standard InChI is InChI=1S/C15H21N5O/c16-9-4-2-1-3-8-15(21)19-13-6-5-7-14(10-13)20-11-17-18-12-20/h5-7,10-12H,1-4,8-9,16H2,(H,19,21). The molecule has 6 nitrogen and oxygen atoms in total. The number of benzene rings is 1. The Kier molecular flexibility index (Phi) is 5.90. The summed E-state index contributed by atoms with van der Waals surface area (Å²) in [7, 11) is 0. The third-order valence-electron chi connectivity index (χ3n) is 3.20. The molecule has 0 saturated heterocycles. The summed E-state index contributed by atoms with van der Waals surface area (Å²) in [5.41, 5.74) is 7.14. The molecular formula is C15H21N5O. The van der Waals surface area contributed by atoms with Crippen molar-refractivity contribution >= 4 is 11.6 Å². The predicted octanol–water partition coefficient (Wildman–Crippen LogP) is 2.12. The molecule has 0 aliphatic carbocycles. The molecule has 1 amide bonds. The van der Waals surface area contributed by atoms with Crippen molar-refractivity contribution in [3.05, 3.63) is 36.9 Å². The smallest absolute Gasteiger partial charge is 0.224 e. The Morgan fingerprint density at radius 3 is 2.67 bits per heavy atom. The third kappa shape index (κ3) is 5.00. The van der Waals surface area contributed by atoms with Gasteiger partial charge in [0.25, 0.3) is 0 Å². The fraction of sp³-hybridized carbons (Fsp3) is 0.400. The zero-order valence-corrected chi connectivity index (χ0v) is 12.0. The largest absolute Gasteiger partial charge is 0.330 e. The molecule has 0 bridgehead atoms. The van der Waals surface area contributed by atoms with Crippen molar-refractivity contribution in [1.29, 1.82) is 0 Å². The average Bonchev–Trinajstić information content (AvgIpc) is 3.01. The summed E-state index contributed by atoms with van der Waals surface area (Å²) in [5, 5.41) is 10.5. The number of hydrogen-bond acceptors (Lipinski definition) is 4. The maximum absolute atomic E-state index is 11.9. The van der Waals surface area contributed by atoms with E-state index in [1.165, 1.54) is 0 Å². The molecule has 0 saturated carbocycles. The van der Waals surface area contributed by atoms with E-state index in [-0.39, 0.29) is 5.91 Å². The van der Waals surface area contributed by atoms with Crippen molar-refractivity contribution in [3.8, 4) is 5.69 Å². The summed E-state index contributed by atoms with van der Waals surface area (Å²) >= 11 is 0. The van der Waals surface area contributed by atoms with E-state index in [9.17, 15) is 4.79 Å². The molecule has 0 spiro atoms. The van der Waals surface area contributed by atoms with Crippen molar-refractivity contribution < 1.29 is 4.79 Å². The number of nitrogens with zero attached hydrogens (tertiary/aromatic N) is 3. The second-order valence-corrected chi connectivity index (χ2v) is 4.92. The van der Waals surface area contributed by atoms with Gasteiger partial charge in [0.05, 0.1) is 5.69 Å². The topological polar surface area (TPSA) is 85.8 Å². The Labute approximate surface area is 124 Å². The lowest BCUT2D eigenvalue weighted by Crippen LogP contribution is -2.11. The van der Waals surface area contributed by atoms with Gasteiger partial charge in [-0.3, -0.25) is 9.36 Å². The van der Waals surface area contributed by atoms with Gasteiger partial charge in [-0.25, -0.2) is 0 Å². The lowest BCUT2D eigenvalue weighted by atomic mass is 10.1. The molecule has 0 fully saturated rings. The van der Waals surface area contributed by atoms with E-state index < -0.39 is 0 Å². The van der Waals surface area contributed by atoms with Gasteiger partial charge in [0.2, 0.25) is 5.91 Å². The highest BCUT2D eigenvalue weighted by Gasteiger charge is 2.04. The Balaban J connectivity index is 1.82. The first-order valence-electron chi connectivity index (χ1n) is 7.24. The molecule has 0 unspecified atom stereocenters. The first-order chi connectivity index (χ1) is 10.3. The van der Waals surface area contributed by atoms with Gasteiger partial charge in [0.1, 0.15) is 12.7 Å². The molecule has 2 aromatic rings. The molecule has 2 rings (SSSR count). The van der Waals surface area contributed by atoms with E-state index in [0.717, 1.165) is 43.6 Å². The van der Waals surface area contributed by atoms with Gasteiger partial charge in [-0.1, -0.05) is 18.9 Å². The number of carbonyl (C=O) groups excluding carboxylic acids is 1. The second-order valence-electron chi connectivity index (χ2n) is 4.92. The lowest BCUT2D eigenvalue weighted by Gasteiger charge is -2.07. The summed E-state index contributed by atoms with van der Waals surface area (Å²) in [6.07, 6.45) is 7.86. The quantitative estimate of drug-likeness (QED) is 0.728. The Bertz CT molecular complexity index is 553. The molecule has 1 aromatic heterocycles. The number of unbranched alkanes of at least 4 members (excludes halogenated alkanes) is 3. The van der Waals surface area contributed by atoms with Crippen molar-refractivity contribution in [1.82, 2.24) is 14.8 Å². The van der Waals surface area contributed by atoms with E-state index in [4.69, 9.17) is 5.73 Å². The number of anilines is 1. The van der Waals surface area contributed by atoms with Crippen LogP contribution in [-0.4, -0.2) is 27.2 Å². The monoisotopic (exact) mass is 287 g/mol. The van der Waals surface area contributed by atoms with Crippen molar-refractivity contribution in [2.24, 2.45) is 5.73 Å². The zero-order valence-electron chi connectivity index (χ0n) is 12.0. The third-order valence-corrected chi connectivity index (χ3v) is 3.20. The van der Waals surface area contributed by atoms with Gasteiger partial charge in [-0.05, 0) is 37.6 Å². The van der Waals surface area contributed by atoms with Gasteiger partial charge in [0.15, 0.2) is 0 Å². The number of hydrogen-bond donors (Lipinski definition) is 2. The summed E-state index contributed by atoms with van der Waals surface area (Å²) < 4.78 is 1.79. The number of aromatic nitrogens is 3. The van der Waals surface area contributed by atoms with Crippen molar-refractivity contribution in [2.75, 3.05) is 11.9 Å². The second kappa shape index (κ2) is 8.16. The van der Waals surface area contributed by atoms with Crippen LogP contribution in [0.3, 0.4) is 0 Å². The SMILES string of the molecule is NCCCCCCC(=O)Nc1cccc(-n2cnnc2)c1. The molecule has 3 N–H and O–H groups in total. The van der Waals surface area contributed by atoms with Crippen LogP contribution in [0.1, 0.15) is 32.1 Å². The minimum Gasteiger partial charge on any atom is -0.330 e. The van der Waals surface area contributed by atoms with Gasteiger partial charge >= 0.3 is 0 Å². The van der Waals surface area contributed by atoms with Crippen LogP contribution in [0.15, 0.2) is 36.9 Å². The van der Waals surface area contributed by atoms with Crippen LogP contribution in [0.5, 0.6) is 0 Å². The summed E-state index contributed by atoms with van der Waals surface area (Å²) in [4.78, 5) is 11.9. The van der Waals surface area contributed by atoms with E-state index in [0.29, 0.717) is 6.42 Å². The molecule has 0 aliphatic rings. The molecular weight excluding hydrogens is 266 g/mol. The molecule has 0 radical (unpaired) electrons. The molecule has 0 aliphatic heterocycles. The van der Waals surface area contributed by atoms with Gasteiger partial charge in [-0.2, -0.15) is 0 Å². The van der Waals surface area contributed by atoms with E-state index >= 15 is 0 Å². The van der Waals surface area contributed by atoms with Crippen LogP contribution in [0.25, 0.3) is 5.69 Å². The first-order valence-corrected chi connectivity index (χ1v) is 7.24. The molecule has 6 heteroatoms. The Morgan fingerprint density at radius 1 is 1.14 bits per heavy atom. The number of rotatable bonds is 8. The Morgan fingerprint density at radius 2 is 1.90 bits per heavy atom. The normalized spacial score (nSPS) is 10.5. The molecule has 112 valence electrons. The minimum atomic E-state index is 0.0451. The minimum absolute atomic E-state index is 0.0451. The average molecular weight is 287 g/mol. The summed E-state index contributed by atoms with van der Waals surface area (Å²) in [6, 6.07) is 7.61. The van der Waals surface area contributed by atoms with Crippen LogP contribution in [0, 0.1) is 0 Å². The fourth-order valence-corrected chi connectivity index (χ4v) is 2.09. The lowest BCUT2D eigenvalue weighted by molar-refractivity contribution is -0.116. The van der Waals surface area contributed by atoms with Crippen LogP contribution < -0.4 is 11.1 Å². The van der Waals surface area contributed by atoms with E-state index in [1.807, 2.05) is 24.3 Å². The van der Waals surface area contributed by atoms with Crippen molar-refractivity contribution in [3.63, 3.8) is 0 Å². The molecule has 1 heterocycles. The molecule has 0 atom stereocenters. The van der Waals surface area contributed by atoms with E-state index in [1.54, 1.807) is 17.2 Å². The number of nitrogens with two attached hydrogens (primary N) is 1. The van der Waals surface area contributed by atoms with Crippen LogP contribution >= 0.6 is 0 Å². The van der Waals surface area contributed by atoms with Gasteiger partial charge in [-0.15, -0.1) is 10.2 Å². The van der Waals surface area contributed by atoms with Crippen LogP contribution in [-0.2, 0) is 4.79 Å². The maximum Gasteiger partial charge on any atom is 0.224 e.